The average Bonchev–Trinajstić information content (AvgIpc) is 2.22. The SMILES string of the molecule is CC(=O)CC(C)(C)S(=O)(=O)OOS(=O)(=O)C(C)(C)CC(C)=O. The molecule has 0 unspecified atom stereocenters. The van der Waals surface area contributed by atoms with E-state index in [4.69, 9.17) is 0 Å². The molecule has 0 spiro atoms. The second kappa shape index (κ2) is 6.73. The molecule has 10 heteroatoms. The van der Waals surface area contributed by atoms with Crippen LogP contribution >= 0.6 is 0 Å². The maximum absolute atomic E-state index is 12.0. The van der Waals surface area contributed by atoms with Crippen molar-refractivity contribution in [1.82, 2.24) is 0 Å². The summed E-state index contributed by atoms with van der Waals surface area (Å²) in [6.07, 6.45) is -0.731. The van der Waals surface area contributed by atoms with E-state index in [-0.39, 0.29) is 12.8 Å². The van der Waals surface area contributed by atoms with Crippen molar-refractivity contribution in [2.75, 3.05) is 0 Å². The monoisotopic (exact) mass is 358 g/mol. The number of hydrogen-bond donors (Lipinski definition) is 0. The van der Waals surface area contributed by atoms with E-state index in [2.05, 4.69) is 8.67 Å². The van der Waals surface area contributed by atoms with Gasteiger partial charge in [-0.1, -0.05) is 8.67 Å². The van der Waals surface area contributed by atoms with Crippen molar-refractivity contribution in [3.05, 3.63) is 0 Å². The lowest BCUT2D eigenvalue weighted by Crippen LogP contribution is -2.39. The first-order valence-corrected chi connectivity index (χ1v) is 9.21. The van der Waals surface area contributed by atoms with E-state index in [9.17, 15) is 26.4 Å². The molecule has 8 nitrogen and oxygen atoms in total. The fraction of sp³-hybridized carbons (Fsp3) is 0.833. The first-order valence-electron chi connectivity index (χ1n) is 6.40. The summed E-state index contributed by atoms with van der Waals surface area (Å²) in [5.41, 5.74) is 0. The lowest BCUT2D eigenvalue weighted by molar-refractivity contribution is -0.119. The minimum atomic E-state index is -4.48. The third-order valence-corrected chi connectivity index (χ3v) is 6.49. The zero-order valence-corrected chi connectivity index (χ0v) is 15.1. The fourth-order valence-corrected chi connectivity index (χ4v) is 3.35. The summed E-state index contributed by atoms with van der Waals surface area (Å²) >= 11 is 0. The number of carbonyl (C=O) groups excluding carboxylic acids is 2. The van der Waals surface area contributed by atoms with Gasteiger partial charge in [0.25, 0.3) is 20.2 Å². The molecule has 0 aliphatic heterocycles. The maximum Gasteiger partial charge on any atom is 0.300 e. The molecule has 0 aliphatic carbocycles. The van der Waals surface area contributed by atoms with Gasteiger partial charge in [-0.25, -0.2) is 0 Å². The van der Waals surface area contributed by atoms with Gasteiger partial charge < -0.3 is 0 Å². The van der Waals surface area contributed by atoms with E-state index in [0.717, 1.165) is 0 Å². The zero-order valence-electron chi connectivity index (χ0n) is 13.5. The predicted octanol–water partition coefficient (Wildman–Crippen LogP) is 1.11. The summed E-state index contributed by atoms with van der Waals surface area (Å²) in [6, 6.07) is 0. The summed E-state index contributed by atoms with van der Waals surface area (Å²) in [6.45, 7) is 7.23. The molecular weight excluding hydrogens is 336 g/mol. The van der Waals surface area contributed by atoms with Crippen LogP contribution in [0.1, 0.15) is 54.4 Å². The highest BCUT2D eigenvalue weighted by molar-refractivity contribution is 7.90. The summed E-state index contributed by atoms with van der Waals surface area (Å²) in [7, 11) is -8.97. The van der Waals surface area contributed by atoms with Crippen molar-refractivity contribution < 1.29 is 35.1 Å². The van der Waals surface area contributed by atoms with Crippen molar-refractivity contribution in [3.8, 4) is 0 Å². The molecule has 0 aliphatic rings. The number of carbonyl (C=O) groups is 2. The Kier molecular flexibility index (Phi) is 6.47. The standard InChI is InChI=1S/C12H22O8S2/c1-9(13)7-11(3,4)21(15,16)19-20-22(17,18)12(5,6)8-10(2)14/h7-8H2,1-6H3. The second-order valence-electron chi connectivity index (χ2n) is 6.32. The highest BCUT2D eigenvalue weighted by atomic mass is 32.2. The van der Waals surface area contributed by atoms with Gasteiger partial charge in [0.15, 0.2) is 0 Å². The van der Waals surface area contributed by atoms with Crippen LogP contribution < -0.4 is 0 Å². The molecule has 0 saturated carbocycles. The summed E-state index contributed by atoms with van der Waals surface area (Å²) in [4.78, 5) is 22.1. The number of rotatable bonds is 9. The van der Waals surface area contributed by atoms with Crippen LogP contribution in [0, 0.1) is 0 Å². The maximum atomic E-state index is 12.0. The Morgan fingerprint density at radius 1 is 0.727 bits per heavy atom. The van der Waals surface area contributed by atoms with Gasteiger partial charge in [0.1, 0.15) is 21.1 Å². The van der Waals surface area contributed by atoms with Crippen LogP contribution in [0.3, 0.4) is 0 Å². The van der Waals surface area contributed by atoms with E-state index in [1.165, 1.54) is 41.5 Å². The Labute approximate surface area is 131 Å². The Morgan fingerprint density at radius 2 is 0.955 bits per heavy atom. The Hall–Kier alpha value is -0.840. The molecule has 0 saturated heterocycles. The number of hydrogen-bond acceptors (Lipinski definition) is 8. The molecule has 22 heavy (non-hydrogen) atoms. The van der Waals surface area contributed by atoms with Gasteiger partial charge >= 0.3 is 0 Å². The highest BCUT2D eigenvalue weighted by Gasteiger charge is 2.43. The third kappa shape index (κ3) is 5.41. The molecule has 130 valence electrons. The fourth-order valence-electron chi connectivity index (χ4n) is 1.63. The molecule has 0 bridgehead atoms. The van der Waals surface area contributed by atoms with E-state index < -0.39 is 41.3 Å². The van der Waals surface area contributed by atoms with Crippen molar-refractivity contribution >= 4 is 31.8 Å². The summed E-state index contributed by atoms with van der Waals surface area (Å²) < 4.78 is 52.8. The highest BCUT2D eigenvalue weighted by Crippen LogP contribution is 2.27. The molecule has 0 atom stereocenters. The van der Waals surface area contributed by atoms with Crippen molar-refractivity contribution in [2.24, 2.45) is 0 Å². The van der Waals surface area contributed by atoms with Gasteiger partial charge in [0, 0.05) is 12.8 Å². The molecule has 0 amide bonds. The summed E-state index contributed by atoms with van der Waals surface area (Å²) in [5.74, 6) is -0.811. The molecule has 0 radical (unpaired) electrons. The van der Waals surface area contributed by atoms with E-state index in [0.29, 0.717) is 0 Å². The van der Waals surface area contributed by atoms with Crippen molar-refractivity contribution in [3.63, 3.8) is 0 Å². The van der Waals surface area contributed by atoms with Crippen LogP contribution in [-0.2, 0) is 38.5 Å². The van der Waals surface area contributed by atoms with E-state index in [1.54, 1.807) is 0 Å². The lowest BCUT2D eigenvalue weighted by atomic mass is 10.1. The van der Waals surface area contributed by atoms with Gasteiger partial charge in [-0.3, -0.25) is 9.59 Å². The number of Topliss-reactive ketones (excluding diaryl/α,β-unsaturated/α-hetero) is 2. The Bertz CT molecular complexity index is 583. The topological polar surface area (TPSA) is 121 Å². The Morgan fingerprint density at radius 3 is 1.14 bits per heavy atom. The zero-order chi connectivity index (χ0) is 18.0. The van der Waals surface area contributed by atoms with Crippen molar-refractivity contribution in [2.45, 2.75) is 63.9 Å². The first kappa shape index (κ1) is 21.2. The lowest BCUT2D eigenvalue weighted by Gasteiger charge is -2.24. The molecule has 0 fully saturated rings. The van der Waals surface area contributed by atoms with Crippen molar-refractivity contribution in [1.29, 1.82) is 0 Å². The minimum Gasteiger partial charge on any atom is -0.300 e. The molecule has 0 aromatic carbocycles. The normalized spacial score (nSPS) is 13.9. The van der Waals surface area contributed by atoms with E-state index >= 15 is 0 Å². The van der Waals surface area contributed by atoms with Crippen LogP contribution in [0.4, 0.5) is 0 Å². The quantitative estimate of drug-likeness (QED) is 0.444. The summed E-state index contributed by atoms with van der Waals surface area (Å²) in [5, 5.41) is 0. The minimum absolute atomic E-state index is 0.365. The first-order chi connectivity index (χ1) is 9.54. The van der Waals surface area contributed by atoms with Crippen LogP contribution in [0.25, 0.3) is 0 Å². The van der Waals surface area contributed by atoms with Gasteiger partial charge in [0.05, 0.1) is 0 Å². The molecule has 0 N–H and O–H groups in total. The second-order valence-corrected chi connectivity index (χ2v) is 10.6. The predicted molar refractivity (Wildman–Crippen MR) is 78.8 cm³/mol. The Balaban J connectivity index is 5.22. The molecule has 0 heterocycles. The average molecular weight is 358 g/mol. The third-order valence-electron chi connectivity index (χ3n) is 2.91. The van der Waals surface area contributed by atoms with Gasteiger partial charge in [-0.2, -0.15) is 16.8 Å². The van der Waals surface area contributed by atoms with Gasteiger partial charge in [-0.05, 0) is 41.5 Å². The smallest absolute Gasteiger partial charge is 0.300 e. The van der Waals surface area contributed by atoms with Crippen LogP contribution in [0.2, 0.25) is 0 Å². The molecule has 0 aromatic heterocycles. The van der Waals surface area contributed by atoms with Crippen LogP contribution in [0.5, 0.6) is 0 Å². The van der Waals surface area contributed by atoms with E-state index in [1.807, 2.05) is 0 Å². The van der Waals surface area contributed by atoms with Crippen LogP contribution in [0.15, 0.2) is 0 Å². The van der Waals surface area contributed by atoms with Crippen LogP contribution in [-0.4, -0.2) is 37.9 Å². The molecule has 0 rings (SSSR count). The number of ketones is 2. The van der Waals surface area contributed by atoms with Gasteiger partial charge in [0.2, 0.25) is 0 Å². The molecular formula is C12H22O8S2. The largest absolute Gasteiger partial charge is 0.300 e. The van der Waals surface area contributed by atoms with Gasteiger partial charge in [-0.15, -0.1) is 0 Å². The molecule has 0 aromatic rings.